The van der Waals surface area contributed by atoms with Crippen molar-refractivity contribution in [2.75, 3.05) is 0 Å². The van der Waals surface area contributed by atoms with E-state index in [0.717, 1.165) is 40.3 Å². The van der Waals surface area contributed by atoms with Crippen LogP contribution in [-0.2, 0) is 10.5 Å². The van der Waals surface area contributed by atoms with E-state index in [9.17, 15) is 4.79 Å². The maximum atomic E-state index is 12.9. The van der Waals surface area contributed by atoms with Crippen LogP contribution in [0.3, 0.4) is 0 Å². The zero-order valence-electron chi connectivity index (χ0n) is 20.0. The van der Waals surface area contributed by atoms with Crippen molar-refractivity contribution >= 4 is 51.9 Å². The lowest BCUT2D eigenvalue weighted by molar-refractivity contribution is -0.114. The van der Waals surface area contributed by atoms with Gasteiger partial charge in [0.1, 0.15) is 5.84 Å². The highest BCUT2D eigenvalue weighted by Crippen LogP contribution is 2.34. The first-order valence-electron chi connectivity index (χ1n) is 11.3. The Morgan fingerprint density at radius 1 is 1.06 bits per heavy atom. The van der Waals surface area contributed by atoms with E-state index in [1.165, 1.54) is 28.5 Å². The SMILES string of the molecule is Cc1ccc(-n2c(C)cc(/C=C3\C(=N)N4C(SCc5ccccc5)=NSC4=NC3=O)c2C)c(C)c1. The summed E-state index contributed by atoms with van der Waals surface area (Å²) in [4.78, 5) is 18.8. The van der Waals surface area contributed by atoms with E-state index in [4.69, 9.17) is 5.41 Å². The predicted molar refractivity (Wildman–Crippen MR) is 147 cm³/mol. The Morgan fingerprint density at radius 2 is 1.83 bits per heavy atom. The minimum absolute atomic E-state index is 0.112. The molecule has 3 heterocycles. The van der Waals surface area contributed by atoms with E-state index in [2.05, 4.69) is 71.1 Å². The summed E-state index contributed by atoms with van der Waals surface area (Å²) in [6.45, 7) is 8.29. The number of aliphatic imine (C=N–C) groups is 1. The maximum Gasteiger partial charge on any atom is 0.283 e. The number of amides is 1. The van der Waals surface area contributed by atoms with E-state index in [-0.39, 0.29) is 11.4 Å². The highest BCUT2D eigenvalue weighted by atomic mass is 32.2. The second kappa shape index (κ2) is 9.36. The number of amidine groups is 3. The second-order valence-corrected chi connectivity index (χ2v) is 10.3. The molecule has 0 spiro atoms. The number of nitrogens with zero attached hydrogens (tertiary/aromatic N) is 4. The van der Waals surface area contributed by atoms with Crippen LogP contribution in [-0.4, -0.2) is 31.5 Å². The van der Waals surface area contributed by atoms with Gasteiger partial charge in [0.05, 0.1) is 17.5 Å². The third-order valence-corrected chi connectivity index (χ3v) is 7.90. The second-order valence-electron chi connectivity index (χ2n) is 8.63. The van der Waals surface area contributed by atoms with Gasteiger partial charge in [0.15, 0.2) is 5.17 Å². The summed E-state index contributed by atoms with van der Waals surface area (Å²) in [5.41, 5.74) is 7.94. The molecule has 176 valence electrons. The average molecular weight is 500 g/mol. The molecule has 1 aromatic heterocycles. The molecule has 2 aliphatic heterocycles. The van der Waals surface area contributed by atoms with Crippen LogP contribution < -0.4 is 0 Å². The quantitative estimate of drug-likeness (QED) is 0.342. The minimum Gasteiger partial charge on any atom is -0.318 e. The van der Waals surface area contributed by atoms with Crippen LogP contribution in [0.15, 0.2) is 69.6 Å². The van der Waals surface area contributed by atoms with Crippen LogP contribution in [0, 0.1) is 33.1 Å². The Kier molecular flexibility index (Phi) is 6.25. The number of carbonyl (C=O) groups excluding carboxylic acids is 1. The number of nitrogens with one attached hydrogen (secondary N) is 1. The van der Waals surface area contributed by atoms with Crippen LogP contribution in [0.1, 0.15) is 33.6 Å². The molecule has 1 N–H and O–H groups in total. The lowest BCUT2D eigenvalue weighted by atomic mass is 10.1. The minimum atomic E-state index is -0.408. The van der Waals surface area contributed by atoms with Crippen molar-refractivity contribution in [2.24, 2.45) is 9.39 Å². The van der Waals surface area contributed by atoms with Crippen molar-refractivity contribution in [3.05, 3.63) is 93.8 Å². The lowest BCUT2D eigenvalue weighted by Crippen LogP contribution is -2.41. The average Bonchev–Trinajstić information content (AvgIpc) is 3.36. The first-order chi connectivity index (χ1) is 16.8. The first-order valence-corrected chi connectivity index (χ1v) is 13.0. The molecule has 2 aromatic carbocycles. The summed E-state index contributed by atoms with van der Waals surface area (Å²) < 4.78 is 6.68. The molecular formula is C27H25N5OS2. The van der Waals surface area contributed by atoms with Crippen LogP contribution in [0.4, 0.5) is 0 Å². The van der Waals surface area contributed by atoms with Gasteiger partial charge in [0.25, 0.3) is 5.91 Å². The Morgan fingerprint density at radius 3 is 2.57 bits per heavy atom. The molecule has 0 bridgehead atoms. The molecule has 35 heavy (non-hydrogen) atoms. The van der Waals surface area contributed by atoms with Gasteiger partial charge in [0.2, 0.25) is 5.17 Å². The highest BCUT2D eigenvalue weighted by Gasteiger charge is 2.37. The molecule has 0 atom stereocenters. The Labute approximate surface area is 213 Å². The lowest BCUT2D eigenvalue weighted by Gasteiger charge is -2.24. The number of carbonyl (C=O) groups is 1. The van der Waals surface area contributed by atoms with E-state index in [0.29, 0.717) is 10.3 Å². The first kappa shape index (κ1) is 23.4. The maximum absolute atomic E-state index is 12.9. The summed E-state index contributed by atoms with van der Waals surface area (Å²) in [7, 11) is 0. The number of rotatable bonds is 4. The Bertz CT molecular complexity index is 1450. The normalized spacial score (nSPS) is 16.6. The molecule has 0 aliphatic carbocycles. The summed E-state index contributed by atoms with van der Waals surface area (Å²) >= 11 is 2.68. The summed E-state index contributed by atoms with van der Waals surface area (Å²) in [5.74, 6) is 0.427. The van der Waals surface area contributed by atoms with Gasteiger partial charge < -0.3 is 4.57 Å². The molecule has 2 aliphatic rings. The predicted octanol–water partition coefficient (Wildman–Crippen LogP) is 6.22. The molecule has 0 saturated carbocycles. The number of fused-ring (bicyclic) bond motifs is 1. The van der Waals surface area contributed by atoms with E-state index in [1.807, 2.05) is 25.1 Å². The van der Waals surface area contributed by atoms with E-state index < -0.39 is 5.91 Å². The van der Waals surface area contributed by atoms with Gasteiger partial charge in [-0.05, 0) is 62.6 Å². The van der Waals surface area contributed by atoms with Gasteiger partial charge >= 0.3 is 0 Å². The Hall–Kier alpha value is -3.36. The fourth-order valence-corrected chi connectivity index (χ4v) is 6.13. The number of aryl methyl sites for hydroxylation is 3. The van der Waals surface area contributed by atoms with Gasteiger partial charge in [-0.1, -0.05) is 59.8 Å². The number of hydrogen-bond donors (Lipinski definition) is 1. The summed E-state index contributed by atoms with van der Waals surface area (Å²) in [5, 5.41) is 9.97. The standard InChI is InChI=1S/C27H25N5OS2/c1-16-10-11-23(17(2)12-16)31-18(3)13-21(19(31)4)14-22-24(28)32-26(29-25(22)33)35-30-27(32)34-15-20-8-6-5-7-9-20/h5-14,28H,15H2,1-4H3/b22-14+,28-24?. The van der Waals surface area contributed by atoms with Crippen molar-refractivity contribution in [1.82, 2.24) is 9.47 Å². The van der Waals surface area contributed by atoms with E-state index >= 15 is 0 Å². The number of hydrogen-bond acceptors (Lipinski definition) is 5. The molecule has 0 fully saturated rings. The molecule has 8 heteroatoms. The van der Waals surface area contributed by atoms with Gasteiger partial charge in [0, 0.05) is 22.8 Å². The van der Waals surface area contributed by atoms with Crippen LogP contribution in [0.25, 0.3) is 11.8 Å². The smallest absolute Gasteiger partial charge is 0.283 e. The van der Waals surface area contributed by atoms with Crippen LogP contribution in [0.5, 0.6) is 0 Å². The molecular weight excluding hydrogens is 474 g/mol. The topological polar surface area (TPSA) is 73.8 Å². The number of thioether (sulfide) groups is 1. The molecule has 0 radical (unpaired) electrons. The van der Waals surface area contributed by atoms with Gasteiger partial charge in [-0.2, -0.15) is 9.39 Å². The number of aromatic nitrogens is 1. The molecule has 6 nitrogen and oxygen atoms in total. The van der Waals surface area contributed by atoms with Crippen molar-refractivity contribution in [1.29, 1.82) is 5.41 Å². The molecule has 5 rings (SSSR count). The monoisotopic (exact) mass is 499 g/mol. The fraction of sp³-hybridized carbons (Fsp3) is 0.185. The highest BCUT2D eigenvalue weighted by molar-refractivity contribution is 8.18. The van der Waals surface area contributed by atoms with Crippen molar-refractivity contribution in [3.8, 4) is 5.69 Å². The van der Waals surface area contributed by atoms with E-state index in [1.54, 1.807) is 11.0 Å². The van der Waals surface area contributed by atoms with Gasteiger partial charge in [-0.15, -0.1) is 0 Å². The number of benzene rings is 2. The van der Waals surface area contributed by atoms with Crippen LogP contribution in [0.2, 0.25) is 0 Å². The fourth-order valence-electron chi connectivity index (χ4n) is 4.33. The molecule has 1 amide bonds. The zero-order chi connectivity index (χ0) is 24.7. The molecule has 0 unspecified atom stereocenters. The van der Waals surface area contributed by atoms with Crippen molar-refractivity contribution in [3.63, 3.8) is 0 Å². The van der Waals surface area contributed by atoms with Gasteiger partial charge in [-0.3, -0.25) is 10.2 Å². The summed E-state index contributed by atoms with van der Waals surface area (Å²) in [6, 6.07) is 18.6. The third kappa shape index (κ3) is 4.39. The third-order valence-electron chi connectivity index (χ3n) is 6.07. The van der Waals surface area contributed by atoms with Crippen molar-refractivity contribution < 1.29 is 4.79 Å². The molecule has 0 saturated heterocycles. The molecule has 3 aromatic rings. The zero-order valence-corrected chi connectivity index (χ0v) is 21.6. The Balaban J connectivity index is 1.45. The summed E-state index contributed by atoms with van der Waals surface area (Å²) in [6.07, 6.45) is 1.79. The van der Waals surface area contributed by atoms with Gasteiger partial charge in [-0.25, -0.2) is 4.90 Å². The van der Waals surface area contributed by atoms with Crippen molar-refractivity contribution in [2.45, 2.75) is 33.4 Å². The largest absolute Gasteiger partial charge is 0.318 e. The van der Waals surface area contributed by atoms with Crippen LogP contribution >= 0.6 is 23.7 Å².